The number of Topliss-reactive ketones (excluding diaryl/α,β-unsaturated/α-hetero) is 1. The standard InChI is InChI=1S/C21H22N2O4/c1-15(24)17-8-10-18(11-9-17)22-20(25)14-23(2)21(26)12-7-16-5-4-6-19(13-16)27-3/h4-13H,14H2,1-3H3,(H,22,25)/b12-7+. The van der Waals surface area contributed by atoms with Gasteiger partial charge in [0.15, 0.2) is 5.78 Å². The number of ether oxygens (including phenoxy) is 1. The number of ketones is 1. The average Bonchev–Trinajstić information content (AvgIpc) is 2.66. The molecule has 0 aliphatic carbocycles. The summed E-state index contributed by atoms with van der Waals surface area (Å²) in [6, 6.07) is 13.9. The summed E-state index contributed by atoms with van der Waals surface area (Å²) in [5, 5.41) is 2.70. The van der Waals surface area contributed by atoms with E-state index in [1.165, 1.54) is 17.9 Å². The highest BCUT2D eigenvalue weighted by Gasteiger charge is 2.11. The molecule has 0 heterocycles. The van der Waals surface area contributed by atoms with Gasteiger partial charge >= 0.3 is 0 Å². The minimum atomic E-state index is -0.323. The second kappa shape index (κ2) is 9.33. The van der Waals surface area contributed by atoms with Crippen molar-refractivity contribution in [3.8, 4) is 5.75 Å². The third-order valence-corrected chi connectivity index (χ3v) is 3.84. The van der Waals surface area contributed by atoms with Crippen molar-refractivity contribution >= 4 is 29.4 Å². The fourth-order valence-corrected chi connectivity index (χ4v) is 2.32. The van der Waals surface area contributed by atoms with E-state index in [1.54, 1.807) is 50.6 Å². The molecule has 0 fully saturated rings. The molecule has 0 unspecified atom stereocenters. The van der Waals surface area contributed by atoms with Gasteiger partial charge in [-0.25, -0.2) is 0 Å². The first kappa shape index (κ1) is 19.9. The smallest absolute Gasteiger partial charge is 0.246 e. The van der Waals surface area contributed by atoms with Gasteiger partial charge in [0, 0.05) is 24.4 Å². The van der Waals surface area contributed by atoms with Crippen LogP contribution in [0.5, 0.6) is 5.75 Å². The molecule has 0 saturated heterocycles. The van der Waals surface area contributed by atoms with Gasteiger partial charge in [0.2, 0.25) is 11.8 Å². The van der Waals surface area contributed by atoms with Crippen molar-refractivity contribution in [3.63, 3.8) is 0 Å². The Morgan fingerprint density at radius 3 is 2.44 bits per heavy atom. The molecule has 2 amide bonds. The summed E-state index contributed by atoms with van der Waals surface area (Å²) >= 11 is 0. The SMILES string of the molecule is COc1cccc(/C=C/C(=O)N(C)CC(=O)Nc2ccc(C(C)=O)cc2)c1. The zero-order valence-electron chi connectivity index (χ0n) is 15.6. The van der Waals surface area contributed by atoms with Gasteiger partial charge in [-0.05, 0) is 55.0 Å². The van der Waals surface area contributed by atoms with Crippen LogP contribution in [-0.4, -0.2) is 43.2 Å². The van der Waals surface area contributed by atoms with Crippen LogP contribution in [-0.2, 0) is 9.59 Å². The predicted octanol–water partition coefficient (Wildman–Crippen LogP) is 3.01. The molecule has 0 bridgehead atoms. The lowest BCUT2D eigenvalue weighted by atomic mass is 10.1. The third-order valence-electron chi connectivity index (χ3n) is 3.84. The van der Waals surface area contributed by atoms with Gasteiger partial charge < -0.3 is 15.0 Å². The van der Waals surface area contributed by atoms with Gasteiger partial charge in [-0.3, -0.25) is 14.4 Å². The van der Waals surface area contributed by atoms with E-state index in [0.29, 0.717) is 17.0 Å². The van der Waals surface area contributed by atoms with Crippen molar-refractivity contribution in [2.24, 2.45) is 0 Å². The second-order valence-electron chi connectivity index (χ2n) is 5.99. The summed E-state index contributed by atoms with van der Waals surface area (Å²) in [6.07, 6.45) is 3.07. The van der Waals surface area contributed by atoms with Crippen LogP contribution in [0.25, 0.3) is 6.08 Å². The molecule has 0 spiro atoms. The van der Waals surface area contributed by atoms with Gasteiger partial charge in [-0.1, -0.05) is 12.1 Å². The van der Waals surface area contributed by atoms with Crippen molar-refractivity contribution in [3.05, 3.63) is 65.7 Å². The lowest BCUT2D eigenvalue weighted by molar-refractivity contribution is -0.129. The zero-order valence-corrected chi connectivity index (χ0v) is 15.6. The number of hydrogen-bond acceptors (Lipinski definition) is 4. The topological polar surface area (TPSA) is 75.7 Å². The quantitative estimate of drug-likeness (QED) is 0.604. The number of carbonyl (C=O) groups excluding carboxylic acids is 3. The van der Waals surface area contributed by atoms with Crippen molar-refractivity contribution in [2.75, 3.05) is 26.0 Å². The molecule has 140 valence electrons. The number of rotatable bonds is 7. The van der Waals surface area contributed by atoms with E-state index >= 15 is 0 Å². The normalized spacial score (nSPS) is 10.5. The molecule has 1 N–H and O–H groups in total. The Morgan fingerprint density at radius 1 is 1.11 bits per heavy atom. The monoisotopic (exact) mass is 366 g/mol. The van der Waals surface area contributed by atoms with E-state index in [0.717, 1.165) is 5.56 Å². The van der Waals surface area contributed by atoms with E-state index in [-0.39, 0.29) is 24.1 Å². The summed E-state index contributed by atoms with van der Waals surface area (Å²) in [5.74, 6) is 0.0465. The molecule has 0 aliphatic heterocycles. The van der Waals surface area contributed by atoms with Crippen LogP contribution >= 0.6 is 0 Å². The molecule has 6 heteroatoms. The van der Waals surface area contributed by atoms with Gasteiger partial charge in [-0.2, -0.15) is 0 Å². The van der Waals surface area contributed by atoms with E-state index < -0.39 is 0 Å². The minimum absolute atomic E-state index is 0.0407. The first-order valence-corrected chi connectivity index (χ1v) is 8.37. The zero-order chi connectivity index (χ0) is 19.8. The third kappa shape index (κ3) is 6.11. The summed E-state index contributed by atoms with van der Waals surface area (Å²) in [5.41, 5.74) is 1.96. The second-order valence-corrected chi connectivity index (χ2v) is 5.99. The number of hydrogen-bond donors (Lipinski definition) is 1. The number of nitrogens with one attached hydrogen (secondary N) is 1. The number of amides is 2. The van der Waals surface area contributed by atoms with Gasteiger partial charge in [0.25, 0.3) is 0 Å². The summed E-state index contributed by atoms with van der Waals surface area (Å²) in [6.45, 7) is 1.39. The highest BCUT2D eigenvalue weighted by atomic mass is 16.5. The predicted molar refractivity (Wildman–Crippen MR) is 105 cm³/mol. The van der Waals surface area contributed by atoms with Crippen LogP contribution in [0.1, 0.15) is 22.8 Å². The van der Waals surface area contributed by atoms with Crippen LogP contribution < -0.4 is 10.1 Å². The lowest BCUT2D eigenvalue weighted by Crippen LogP contribution is -2.33. The number of methoxy groups -OCH3 is 1. The van der Waals surface area contributed by atoms with Crippen LogP contribution in [0.2, 0.25) is 0 Å². The van der Waals surface area contributed by atoms with Crippen LogP contribution in [0.15, 0.2) is 54.6 Å². The largest absolute Gasteiger partial charge is 0.497 e. The van der Waals surface area contributed by atoms with Crippen molar-refractivity contribution < 1.29 is 19.1 Å². The Morgan fingerprint density at radius 2 is 1.81 bits per heavy atom. The first-order valence-electron chi connectivity index (χ1n) is 8.37. The van der Waals surface area contributed by atoms with Crippen molar-refractivity contribution in [1.29, 1.82) is 0 Å². The van der Waals surface area contributed by atoms with Crippen LogP contribution in [0.3, 0.4) is 0 Å². The maximum atomic E-state index is 12.2. The number of anilines is 1. The number of benzene rings is 2. The molecule has 0 saturated carbocycles. The maximum Gasteiger partial charge on any atom is 0.246 e. The van der Waals surface area contributed by atoms with E-state index in [2.05, 4.69) is 5.32 Å². The molecule has 27 heavy (non-hydrogen) atoms. The van der Waals surface area contributed by atoms with Crippen molar-refractivity contribution in [1.82, 2.24) is 4.90 Å². The summed E-state index contributed by atoms with van der Waals surface area (Å²) in [4.78, 5) is 36.8. The lowest BCUT2D eigenvalue weighted by Gasteiger charge is -2.15. The Kier molecular flexibility index (Phi) is 6.88. The van der Waals surface area contributed by atoms with Crippen LogP contribution in [0, 0.1) is 0 Å². The Bertz CT molecular complexity index is 857. The van der Waals surface area contributed by atoms with E-state index in [1.807, 2.05) is 18.2 Å². The van der Waals surface area contributed by atoms with Gasteiger partial charge in [0.05, 0.1) is 13.7 Å². The Hall–Kier alpha value is -3.41. The molecule has 0 radical (unpaired) electrons. The number of likely N-dealkylation sites (N-methyl/N-ethyl adjacent to an activating group) is 1. The molecular formula is C21H22N2O4. The van der Waals surface area contributed by atoms with Crippen LogP contribution in [0.4, 0.5) is 5.69 Å². The fraction of sp³-hybridized carbons (Fsp3) is 0.190. The Balaban J connectivity index is 1.89. The number of carbonyl (C=O) groups is 3. The van der Waals surface area contributed by atoms with E-state index in [4.69, 9.17) is 4.74 Å². The summed E-state index contributed by atoms with van der Waals surface area (Å²) < 4.78 is 5.14. The highest BCUT2D eigenvalue weighted by molar-refractivity contribution is 5.98. The molecular weight excluding hydrogens is 344 g/mol. The Labute approximate surface area is 158 Å². The van der Waals surface area contributed by atoms with E-state index in [9.17, 15) is 14.4 Å². The molecule has 0 aliphatic rings. The molecule has 6 nitrogen and oxygen atoms in total. The van der Waals surface area contributed by atoms with Crippen molar-refractivity contribution in [2.45, 2.75) is 6.92 Å². The molecule has 2 aromatic carbocycles. The minimum Gasteiger partial charge on any atom is -0.497 e. The highest BCUT2D eigenvalue weighted by Crippen LogP contribution is 2.14. The first-order chi connectivity index (χ1) is 12.9. The molecule has 2 rings (SSSR count). The molecule has 2 aromatic rings. The molecule has 0 atom stereocenters. The molecule has 0 aromatic heterocycles. The van der Waals surface area contributed by atoms with Gasteiger partial charge in [-0.15, -0.1) is 0 Å². The maximum absolute atomic E-state index is 12.2. The average molecular weight is 366 g/mol. The fourth-order valence-electron chi connectivity index (χ4n) is 2.32. The van der Waals surface area contributed by atoms with Gasteiger partial charge in [0.1, 0.15) is 5.75 Å². The number of nitrogens with zero attached hydrogens (tertiary/aromatic N) is 1. The summed E-state index contributed by atoms with van der Waals surface area (Å²) in [7, 11) is 3.13.